The molecule has 1 aromatic rings. The standard InChI is InChI=1S/C15H16Cl2N2O3S2/c1-2-3-14(20)18-15-19(9-4-5-10(16)11(17)6-9)12-7-24(21,22)8-13(12)23-15/h4-6,12-13H,2-3,7-8H2,1H3/t12-,13+/m0/s1. The van der Waals surface area contributed by atoms with Crippen molar-refractivity contribution in [1.82, 2.24) is 0 Å². The number of hydrogen-bond donors (Lipinski definition) is 0. The monoisotopic (exact) mass is 406 g/mol. The lowest BCUT2D eigenvalue weighted by Crippen LogP contribution is -2.37. The lowest BCUT2D eigenvalue weighted by atomic mass is 10.2. The molecular formula is C15H16Cl2N2O3S2. The number of rotatable bonds is 3. The number of hydrogen-bond acceptors (Lipinski definition) is 4. The minimum atomic E-state index is -3.09. The third-order valence-electron chi connectivity index (χ3n) is 3.93. The summed E-state index contributed by atoms with van der Waals surface area (Å²) in [4.78, 5) is 18.0. The van der Waals surface area contributed by atoms with Gasteiger partial charge in [-0.1, -0.05) is 41.9 Å². The van der Waals surface area contributed by atoms with Crippen molar-refractivity contribution in [2.75, 3.05) is 16.4 Å². The first-order chi connectivity index (χ1) is 11.3. The van der Waals surface area contributed by atoms with Crippen molar-refractivity contribution in [3.8, 4) is 0 Å². The molecule has 0 bridgehead atoms. The van der Waals surface area contributed by atoms with E-state index in [-0.39, 0.29) is 28.7 Å². The molecule has 2 aliphatic rings. The maximum Gasteiger partial charge on any atom is 0.248 e. The summed E-state index contributed by atoms with van der Waals surface area (Å²) >= 11 is 13.4. The predicted octanol–water partition coefficient (Wildman–Crippen LogP) is 3.39. The Morgan fingerprint density at radius 3 is 2.75 bits per heavy atom. The van der Waals surface area contributed by atoms with Gasteiger partial charge in [0.1, 0.15) is 0 Å². The van der Waals surface area contributed by atoms with E-state index in [4.69, 9.17) is 23.2 Å². The van der Waals surface area contributed by atoms with Crippen molar-refractivity contribution < 1.29 is 13.2 Å². The second-order valence-corrected chi connectivity index (χ2v) is 9.98. The van der Waals surface area contributed by atoms with Crippen LogP contribution in [0.15, 0.2) is 23.2 Å². The summed E-state index contributed by atoms with van der Waals surface area (Å²) in [7, 11) is -3.09. The van der Waals surface area contributed by atoms with Gasteiger partial charge in [-0.05, 0) is 24.6 Å². The molecule has 0 spiro atoms. The Morgan fingerprint density at radius 1 is 1.33 bits per heavy atom. The van der Waals surface area contributed by atoms with Gasteiger partial charge in [-0.25, -0.2) is 8.42 Å². The van der Waals surface area contributed by atoms with E-state index in [0.29, 0.717) is 33.7 Å². The molecule has 24 heavy (non-hydrogen) atoms. The molecule has 130 valence electrons. The Bertz CT molecular complexity index is 811. The highest BCUT2D eigenvalue weighted by molar-refractivity contribution is 8.16. The molecule has 5 nitrogen and oxygen atoms in total. The number of benzene rings is 1. The number of amidine groups is 1. The molecular weight excluding hydrogens is 391 g/mol. The third kappa shape index (κ3) is 3.59. The number of amides is 1. The number of sulfone groups is 1. The Balaban J connectivity index is 2.01. The third-order valence-corrected chi connectivity index (χ3v) is 7.88. The second kappa shape index (κ2) is 6.86. The average Bonchev–Trinajstić information content (AvgIpc) is 2.93. The molecule has 1 aromatic carbocycles. The number of fused-ring (bicyclic) bond motifs is 1. The number of nitrogens with zero attached hydrogens (tertiary/aromatic N) is 2. The quantitative estimate of drug-likeness (QED) is 0.769. The van der Waals surface area contributed by atoms with Gasteiger partial charge in [0.2, 0.25) is 5.91 Å². The van der Waals surface area contributed by atoms with E-state index in [1.807, 2.05) is 11.8 Å². The van der Waals surface area contributed by atoms with E-state index < -0.39 is 9.84 Å². The van der Waals surface area contributed by atoms with E-state index in [0.717, 1.165) is 0 Å². The molecule has 0 unspecified atom stereocenters. The lowest BCUT2D eigenvalue weighted by Gasteiger charge is -2.24. The fraction of sp³-hybridized carbons (Fsp3) is 0.467. The van der Waals surface area contributed by atoms with E-state index in [1.165, 1.54) is 11.8 Å². The molecule has 2 fully saturated rings. The molecule has 2 aliphatic heterocycles. The van der Waals surface area contributed by atoms with Crippen LogP contribution in [0.4, 0.5) is 5.69 Å². The summed E-state index contributed by atoms with van der Waals surface area (Å²) in [5.41, 5.74) is 0.699. The number of carbonyl (C=O) groups excluding carboxylic acids is 1. The average molecular weight is 407 g/mol. The van der Waals surface area contributed by atoms with Crippen LogP contribution in [0, 0.1) is 0 Å². The van der Waals surface area contributed by atoms with Crippen LogP contribution in [-0.4, -0.2) is 42.3 Å². The van der Waals surface area contributed by atoms with Crippen molar-refractivity contribution in [3.63, 3.8) is 0 Å². The van der Waals surface area contributed by atoms with Crippen LogP contribution in [0.1, 0.15) is 19.8 Å². The van der Waals surface area contributed by atoms with Gasteiger partial charge in [0.05, 0.1) is 27.6 Å². The SMILES string of the molecule is CCCC(=O)N=C1S[C@@H]2CS(=O)(=O)C[C@@H]2N1c1ccc(Cl)c(Cl)c1. The molecule has 3 rings (SSSR count). The first-order valence-electron chi connectivity index (χ1n) is 7.53. The van der Waals surface area contributed by atoms with Crippen LogP contribution in [-0.2, 0) is 14.6 Å². The van der Waals surface area contributed by atoms with Crippen LogP contribution in [0.5, 0.6) is 0 Å². The van der Waals surface area contributed by atoms with Crippen molar-refractivity contribution in [1.29, 1.82) is 0 Å². The highest BCUT2D eigenvalue weighted by atomic mass is 35.5. The van der Waals surface area contributed by atoms with Gasteiger partial charge in [-0.3, -0.25) is 4.79 Å². The van der Waals surface area contributed by atoms with Gasteiger partial charge < -0.3 is 4.90 Å². The smallest absolute Gasteiger partial charge is 0.248 e. The topological polar surface area (TPSA) is 66.8 Å². The van der Waals surface area contributed by atoms with E-state index in [1.54, 1.807) is 18.2 Å². The van der Waals surface area contributed by atoms with Crippen LogP contribution in [0.3, 0.4) is 0 Å². The summed E-state index contributed by atoms with van der Waals surface area (Å²) in [5.74, 6) is -0.0551. The summed E-state index contributed by atoms with van der Waals surface area (Å²) in [6.45, 7) is 1.91. The Morgan fingerprint density at radius 2 is 2.08 bits per heavy atom. The lowest BCUT2D eigenvalue weighted by molar-refractivity contribution is -0.117. The van der Waals surface area contributed by atoms with Crippen LogP contribution >= 0.6 is 35.0 Å². The zero-order valence-electron chi connectivity index (χ0n) is 12.9. The van der Waals surface area contributed by atoms with Crippen LogP contribution in [0.2, 0.25) is 10.0 Å². The highest BCUT2D eigenvalue weighted by Crippen LogP contribution is 2.42. The molecule has 0 radical (unpaired) electrons. The zero-order valence-corrected chi connectivity index (χ0v) is 16.1. The molecule has 1 amide bonds. The van der Waals surface area contributed by atoms with Crippen molar-refractivity contribution in [2.45, 2.75) is 31.1 Å². The Kier molecular flexibility index (Phi) is 5.16. The van der Waals surface area contributed by atoms with E-state index in [9.17, 15) is 13.2 Å². The van der Waals surface area contributed by atoms with Gasteiger partial charge in [-0.2, -0.15) is 4.99 Å². The van der Waals surface area contributed by atoms with Crippen molar-refractivity contribution in [3.05, 3.63) is 28.2 Å². The maximum absolute atomic E-state index is 12.0. The molecule has 2 saturated heterocycles. The molecule has 2 heterocycles. The van der Waals surface area contributed by atoms with Crippen LogP contribution in [0.25, 0.3) is 0 Å². The largest absolute Gasteiger partial charge is 0.316 e. The normalized spacial score (nSPS) is 26.8. The summed E-state index contributed by atoms with van der Waals surface area (Å²) in [6, 6.07) is 4.86. The van der Waals surface area contributed by atoms with Crippen LogP contribution < -0.4 is 4.90 Å². The molecule has 0 aromatic heterocycles. The first-order valence-corrected chi connectivity index (χ1v) is 11.0. The van der Waals surface area contributed by atoms with Gasteiger partial charge in [0.25, 0.3) is 0 Å². The molecule has 0 aliphatic carbocycles. The molecule has 0 N–H and O–H groups in total. The van der Waals surface area contributed by atoms with Crippen molar-refractivity contribution >= 4 is 61.6 Å². The summed E-state index contributed by atoms with van der Waals surface area (Å²) < 4.78 is 24.0. The molecule has 9 heteroatoms. The number of halogens is 2. The van der Waals surface area contributed by atoms with Gasteiger partial charge in [0, 0.05) is 17.4 Å². The summed E-state index contributed by atoms with van der Waals surface area (Å²) in [6.07, 6.45) is 1.08. The van der Waals surface area contributed by atoms with E-state index in [2.05, 4.69) is 4.99 Å². The first kappa shape index (κ1) is 18.0. The number of anilines is 1. The number of thioether (sulfide) groups is 1. The fourth-order valence-electron chi connectivity index (χ4n) is 2.88. The highest BCUT2D eigenvalue weighted by Gasteiger charge is 2.49. The van der Waals surface area contributed by atoms with Gasteiger partial charge in [0.15, 0.2) is 15.0 Å². The fourth-order valence-corrected chi connectivity index (χ4v) is 7.10. The second-order valence-electron chi connectivity index (χ2n) is 5.81. The molecule has 0 saturated carbocycles. The number of carbonyl (C=O) groups is 1. The molecule has 2 atom stereocenters. The summed E-state index contributed by atoms with van der Waals surface area (Å²) in [5, 5.41) is 1.21. The van der Waals surface area contributed by atoms with E-state index >= 15 is 0 Å². The Hall–Kier alpha value is -0.760. The Labute approximate surface area is 155 Å². The predicted molar refractivity (Wildman–Crippen MR) is 100 cm³/mol. The minimum absolute atomic E-state index is 0.0475. The van der Waals surface area contributed by atoms with Crippen molar-refractivity contribution in [2.24, 2.45) is 4.99 Å². The maximum atomic E-state index is 12.0. The zero-order chi connectivity index (χ0) is 17.5. The van der Waals surface area contributed by atoms with Gasteiger partial charge >= 0.3 is 0 Å². The number of aliphatic imine (C=N–C) groups is 1. The van der Waals surface area contributed by atoms with Gasteiger partial charge in [-0.15, -0.1) is 0 Å². The minimum Gasteiger partial charge on any atom is -0.316 e.